The van der Waals surface area contributed by atoms with Gasteiger partial charge < -0.3 is 35.8 Å². The summed E-state index contributed by atoms with van der Waals surface area (Å²) < 4.78 is 9.82. The number of methoxy groups -OCH3 is 1. The van der Waals surface area contributed by atoms with Gasteiger partial charge in [0.25, 0.3) is 0 Å². The van der Waals surface area contributed by atoms with Crippen LogP contribution in [0.2, 0.25) is 0 Å². The van der Waals surface area contributed by atoms with Crippen LogP contribution in [0.25, 0.3) is 0 Å². The van der Waals surface area contributed by atoms with E-state index >= 15 is 0 Å². The van der Waals surface area contributed by atoms with Gasteiger partial charge in [0, 0.05) is 6.04 Å². The van der Waals surface area contributed by atoms with Crippen LogP contribution in [-0.2, 0) is 28.7 Å². The maximum Gasteiger partial charge on any atom is 0.408 e. The lowest BCUT2D eigenvalue weighted by molar-refractivity contribution is -0.147. The lowest BCUT2D eigenvalue weighted by Crippen LogP contribution is -2.56. The number of hydrogen-bond donors (Lipinski definition) is 4. The van der Waals surface area contributed by atoms with Crippen molar-refractivity contribution in [1.82, 2.24) is 15.5 Å². The van der Waals surface area contributed by atoms with Gasteiger partial charge in [0.05, 0.1) is 13.5 Å². The van der Waals surface area contributed by atoms with Gasteiger partial charge in [-0.2, -0.15) is 0 Å². The smallest absolute Gasteiger partial charge is 0.408 e. The molecule has 0 aliphatic carbocycles. The third-order valence-electron chi connectivity index (χ3n) is 5.41. The molecule has 206 valence electrons. The zero-order valence-electron chi connectivity index (χ0n) is 22.4. The van der Waals surface area contributed by atoms with E-state index in [2.05, 4.69) is 15.4 Å². The number of carbonyl (C=O) groups is 5. The topological polar surface area (TPSA) is 177 Å². The number of ether oxygens (including phenoxy) is 2. The summed E-state index contributed by atoms with van der Waals surface area (Å²) in [5.41, 5.74) is 5.27. The highest BCUT2D eigenvalue weighted by molar-refractivity contribution is 5.95. The molecular formula is C25H38N4O8. The molecule has 0 aliphatic heterocycles. The van der Waals surface area contributed by atoms with Crippen molar-refractivity contribution in [3.05, 3.63) is 29.3 Å². The second-order valence-corrected chi connectivity index (χ2v) is 9.61. The lowest BCUT2D eigenvalue weighted by atomic mass is 9.97. The molecule has 0 bridgehead atoms. The minimum atomic E-state index is -1.43. The highest BCUT2D eigenvalue weighted by Crippen LogP contribution is 2.29. The molecule has 1 aromatic carbocycles. The number of primary amides is 1. The van der Waals surface area contributed by atoms with E-state index in [0.29, 0.717) is 17.5 Å². The molecule has 0 aromatic heterocycles. The van der Waals surface area contributed by atoms with E-state index in [-0.39, 0.29) is 5.75 Å². The molecule has 37 heavy (non-hydrogen) atoms. The van der Waals surface area contributed by atoms with Crippen LogP contribution >= 0.6 is 0 Å². The fourth-order valence-electron chi connectivity index (χ4n) is 3.44. The van der Waals surface area contributed by atoms with Crippen LogP contribution in [0.1, 0.15) is 64.6 Å². The maximum absolute atomic E-state index is 13.9. The van der Waals surface area contributed by atoms with Crippen LogP contribution < -0.4 is 16.4 Å². The standard InChI is InChI=1S/C25H38N4O8/c1-8-15(3)29(23(34)17(12-19(26)31)28-24(35)37-25(4,5)6)21(22(33)27-13-20(32)36-7)16-9-10-18(30)14(2)11-16/h9-11,15,17,21,30H,8,12-13H2,1-7H3,(H2,26,31)(H,27,33)(H,28,35). The Bertz CT molecular complexity index is 1000. The molecule has 0 radical (unpaired) electrons. The van der Waals surface area contributed by atoms with Crippen molar-refractivity contribution < 1.29 is 38.6 Å². The molecule has 0 fully saturated rings. The monoisotopic (exact) mass is 522 g/mol. The van der Waals surface area contributed by atoms with E-state index in [0.717, 1.165) is 0 Å². The summed E-state index contributed by atoms with van der Waals surface area (Å²) >= 11 is 0. The zero-order chi connectivity index (χ0) is 28.5. The molecule has 1 aromatic rings. The molecule has 0 saturated carbocycles. The average Bonchev–Trinajstić information content (AvgIpc) is 2.79. The summed E-state index contributed by atoms with van der Waals surface area (Å²) in [7, 11) is 1.17. The number of benzene rings is 1. The molecule has 4 amide bonds. The third-order valence-corrected chi connectivity index (χ3v) is 5.41. The first-order chi connectivity index (χ1) is 17.1. The van der Waals surface area contributed by atoms with Gasteiger partial charge in [-0.15, -0.1) is 0 Å². The number of nitrogens with zero attached hydrogens (tertiary/aromatic N) is 1. The van der Waals surface area contributed by atoms with Crippen LogP contribution in [0, 0.1) is 6.92 Å². The molecule has 0 spiro atoms. The second-order valence-electron chi connectivity index (χ2n) is 9.61. The molecule has 1 rings (SSSR count). The van der Waals surface area contributed by atoms with E-state index in [1.165, 1.54) is 30.2 Å². The molecule has 0 saturated heterocycles. The van der Waals surface area contributed by atoms with E-state index in [9.17, 15) is 29.1 Å². The van der Waals surface area contributed by atoms with Gasteiger partial charge in [0.15, 0.2) is 0 Å². The predicted octanol–water partition coefficient (Wildman–Crippen LogP) is 1.43. The SMILES string of the molecule is CCC(C)N(C(=O)C(CC(N)=O)NC(=O)OC(C)(C)C)C(C(=O)NCC(=O)OC)c1ccc(O)c(C)c1. The van der Waals surface area contributed by atoms with Crippen LogP contribution in [0.15, 0.2) is 18.2 Å². The summed E-state index contributed by atoms with van der Waals surface area (Å²) in [4.78, 5) is 64.4. The number of rotatable bonds is 11. The fourth-order valence-corrected chi connectivity index (χ4v) is 3.44. The fraction of sp³-hybridized carbons (Fsp3) is 0.560. The molecule has 3 atom stereocenters. The first kappa shape index (κ1) is 31.2. The van der Waals surface area contributed by atoms with Gasteiger partial charge in [0.1, 0.15) is 30.0 Å². The van der Waals surface area contributed by atoms with Crippen molar-refractivity contribution in [2.24, 2.45) is 5.73 Å². The Labute approximate surface area is 216 Å². The second kappa shape index (κ2) is 13.5. The average molecular weight is 523 g/mol. The molecular weight excluding hydrogens is 484 g/mol. The molecule has 5 N–H and O–H groups in total. The number of nitrogens with one attached hydrogen (secondary N) is 2. The van der Waals surface area contributed by atoms with Gasteiger partial charge in [-0.1, -0.05) is 13.0 Å². The number of hydrogen-bond acceptors (Lipinski definition) is 8. The predicted molar refractivity (Wildman–Crippen MR) is 134 cm³/mol. The van der Waals surface area contributed by atoms with E-state index in [1.54, 1.807) is 41.5 Å². The lowest BCUT2D eigenvalue weighted by Gasteiger charge is -2.38. The van der Waals surface area contributed by atoms with Crippen LogP contribution in [0.5, 0.6) is 5.75 Å². The summed E-state index contributed by atoms with van der Waals surface area (Å²) in [6.45, 7) is 9.57. The van der Waals surface area contributed by atoms with Crippen LogP contribution in [-0.4, -0.2) is 71.1 Å². The highest BCUT2D eigenvalue weighted by atomic mass is 16.6. The Morgan fingerprint density at radius 2 is 1.78 bits per heavy atom. The van der Waals surface area contributed by atoms with E-state index < -0.39 is 66.5 Å². The molecule has 12 nitrogen and oxygen atoms in total. The van der Waals surface area contributed by atoms with E-state index in [1.807, 2.05) is 0 Å². The van der Waals surface area contributed by atoms with Gasteiger partial charge in [0.2, 0.25) is 17.7 Å². The number of esters is 1. The van der Waals surface area contributed by atoms with Gasteiger partial charge in [-0.3, -0.25) is 19.2 Å². The summed E-state index contributed by atoms with van der Waals surface area (Å²) in [5.74, 6) is -3.04. The van der Waals surface area contributed by atoms with Gasteiger partial charge in [-0.05, 0) is 64.3 Å². The van der Waals surface area contributed by atoms with E-state index in [4.69, 9.17) is 10.5 Å². The number of amides is 4. The largest absolute Gasteiger partial charge is 0.508 e. The number of aromatic hydroxyl groups is 1. The number of aryl methyl sites for hydroxylation is 1. The highest BCUT2D eigenvalue weighted by Gasteiger charge is 2.39. The minimum Gasteiger partial charge on any atom is -0.508 e. The number of carbonyl (C=O) groups excluding carboxylic acids is 5. The number of phenols is 1. The van der Waals surface area contributed by atoms with Crippen molar-refractivity contribution in [2.75, 3.05) is 13.7 Å². The quantitative estimate of drug-likeness (QED) is 0.315. The van der Waals surface area contributed by atoms with Gasteiger partial charge >= 0.3 is 12.1 Å². The molecule has 12 heteroatoms. The van der Waals surface area contributed by atoms with Crippen molar-refractivity contribution in [3.63, 3.8) is 0 Å². The van der Waals surface area contributed by atoms with Crippen LogP contribution in [0.3, 0.4) is 0 Å². The first-order valence-electron chi connectivity index (χ1n) is 11.8. The molecule has 0 aliphatic rings. The Morgan fingerprint density at radius 3 is 2.27 bits per heavy atom. The summed E-state index contributed by atoms with van der Waals surface area (Å²) in [6, 6.07) is 1.09. The van der Waals surface area contributed by atoms with Crippen molar-refractivity contribution in [2.45, 2.75) is 78.1 Å². The minimum absolute atomic E-state index is 0.0166. The Hall–Kier alpha value is -3.83. The normalized spacial score (nSPS) is 13.5. The Kier molecular flexibility index (Phi) is 11.4. The maximum atomic E-state index is 13.9. The summed E-state index contributed by atoms with van der Waals surface area (Å²) in [5, 5.41) is 14.8. The number of nitrogens with two attached hydrogens (primary N) is 1. The number of alkyl carbamates (subject to hydrolysis) is 1. The summed E-state index contributed by atoms with van der Waals surface area (Å²) in [6.07, 6.45) is -1.08. The molecule has 3 unspecified atom stereocenters. The molecule has 0 heterocycles. The Balaban J connectivity index is 3.58. The first-order valence-corrected chi connectivity index (χ1v) is 11.8. The van der Waals surface area contributed by atoms with Crippen molar-refractivity contribution in [3.8, 4) is 5.75 Å². The number of phenolic OH excluding ortho intramolecular Hbond substituents is 1. The van der Waals surface area contributed by atoms with Crippen molar-refractivity contribution in [1.29, 1.82) is 0 Å². The third kappa shape index (κ3) is 9.62. The zero-order valence-corrected chi connectivity index (χ0v) is 22.4. The Morgan fingerprint density at radius 1 is 1.16 bits per heavy atom. The van der Waals surface area contributed by atoms with Crippen molar-refractivity contribution >= 4 is 29.8 Å². The van der Waals surface area contributed by atoms with Gasteiger partial charge in [-0.25, -0.2) is 4.79 Å². The van der Waals surface area contributed by atoms with Crippen LogP contribution in [0.4, 0.5) is 4.79 Å².